The maximum atomic E-state index is 12.6. The Morgan fingerprint density at radius 2 is 1.85 bits per heavy atom. The van der Waals surface area contributed by atoms with Gasteiger partial charge in [-0.3, -0.25) is 9.59 Å². The molecule has 0 unspecified atom stereocenters. The van der Waals surface area contributed by atoms with Crippen molar-refractivity contribution >= 4 is 23.2 Å². The van der Waals surface area contributed by atoms with Crippen LogP contribution in [0.15, 0.2) is 23.6 Å². The molecular weight excluding hydrogens is 350 g/mol. The third-order valence-corrected chi connectivity index (χ3v) is 5.51. The Kier molecular flexibility index (Phi) is 5.56. The van der Waals surface area contributed by atoms with E-state index in [1.165, 1.54) is 16.9 Å². The van der Waals surface area contributed by atoms with Gasteiger partial charge in [-0.25, -0.2) is 4.98 Å². The van der Waals surface area contributed by atoms with Gasteiger partial charge in [-0.15, -0.1) is 11.3 Å². The molecule has 3 rings (SSSR count). The number of benzene rings is 1. The van der Waals surface area contributed by atoms with Gasteiger partial charge in [0.05, 0.1) is 0 Å². The van der Waals surface area contributed by atoms with Crippen molar-refractivity contribution in [2.45, 2.75) is 27.4 Å². The van der Waals surface area contributed by atoms with Gasteiger partial charge in [0.2, 0.25) is 5.91 Å². The number of carbonyl (C=O) groups excluding carboxylic acids is 2. The van der Waals surface area contributed by atoms with E-state index < -0.39 is 0 Å². The number of hydrogen-bond acceptors (Lipinski definition) is 5. The number of hydrogen-bond donors (Lipinski definition) is 0. The first-order chi connectivity index (χ1) is 12.5. The van der Waals surface area contributed by atoms with Gasteiger partial charge in [0.1, 0.15) is 23.1 Å². The van der Waals surface area contributed by atoms with Crippen molar-refractivity contribution < 1.29 is 14.3 Å². The van der Waals surface area contributed by atoms with E-state index in [4.69, 9.17) is 4.74 Å². The van der Waals surface area contributed by atoms with Crippen molar-refractivity contribution in [1.82, 2.24) is 14.8 Å². The Morgan fingerprint density at radius 1 is 1.15 bits per heavy atom. The van der Waals surface area contributed by atoms with E-state index in [1.54, 1.807) is 22.1 Å². The Bertz CT molecular complexity index is 810. The molecule has 0 bridgehead atoms. The highest BCUT2D eigenvalue weighted by atomic mass is 32.1. The van der Waals surface area contributed by atoms with Gasteiger partial charge in [-0.1, -0.05) is 12.1 Å². The molecule has 1 saturated heterocycles. The number of aryl methyl sites for hydroxylation is 1. The largest absolute Gasteiger partial charge is 0.486 e. The fraction of sp³-hybridized carbons (Fsp3) is 0.421. The number of aromatic nitrogens is 1. The van der Waals surface area contributed by atoms with Crippen molar-refractivity contribution in [1.29, 1.82) is 0 Å². The molecule has 1 aromatic carbocycles. The van der Waals surface area contributed by atoms with E-state index in [0.717, 1.165) is 16.3 Å². The molecule has 7 heteroatoms. The molecule has 1 fully saturated rings. The quantitative estimate of drug-likeness (QED) is 0.827. The van der Waals surface area contributed by atoms with Crippen molar-refractivity contribution in [3.05, 3.63) is 45.4 Å². The van der Waals surface area contributed by atoms with Gasteiger partial charge >= 0.3 is 0 Å². The van der Waals surface area contributed by atoms with Crippen LogP contribution in [0.3, 0.4) is 0 Å². The highest BCUT2D eigenvalue weighted by molar-refractivity contribution is 7.09. The molecule has 1 aromatic heterocycles. The average molecular weight is 373 g/mol. The number of piperazine rings is 1. The number of rotatable bonds is 4. The zero-order valence-corrected chi connectivity index (χ0v) is 16.1. The molecule has 2 aromatic rings. The highest BCUT2D eigenvalue weighted by Crippen LogP contribution is 2.22. The van der Waals surface area contributed by atoms with Crippen LogP contribution < -0.4 is 4.74 Å². The van der Waals surface area contributed by atoms with Crippen LogP contribution in [0.2, 0.25) is 0 Å². The molecule has 0 radical (unpaired) electrons. The summed E-state index contributed by atoms with van der Waals surface area (Å²) < 4.78 is 5.86. The van der Waals surface area contributed by atoms with E-state index in [9.17, 15) is 9.59 Å². The van der Waals surface area contributed by atoms with E-state index >= 15 is 0 Å². The van der Waals surface area contributed by atoms with Crippen LogP contribution in [0.4, 0.5) is 0 Å². The van der Waals surface area contributed by atoms with E-state index in [1.807, 2.05) is 32.0 Å². The van der Waals surface area contributed by atoms with Gasteiger partial charge in [0.25, 0.3) is 5.91 Å². The minimum atomic E-state index is -0.0811. The molecule has 0 N–H and O–H groups in total. The fourth-order valence-electron chi connectivity index (χ4n) is 2.88. The topological polar surface area (TPSA) is 62.7 Å². The van der Waals surface area contributed by atoms with Crippen molar-refractivity contribution in [2.24, 2.45) is 0 Å². The summed E-state index contributed by atoms with van der Waals surface area (Å²) in [5.41, 5.74) is 2.75. The van der Waals surface area contributed by atoms with Gasteiger partial charge in [-0.2, -0.15) is 0 Å². The Morgan fingerprint density at radius 3 is 2.54 bits per heavy atom. The molecule has 138 valence electrons. The molecule has 0 spiro atoms. The smallest absolute Gasteiger partial charge is 0.273 e. The molecular formula is C19H23N3O3S. The van der Waals surface area contributed by atoms with Gasteiger partial charge in [0.15, 0.2) is 0 Å². The molecule has 26 heavy (non-hydrogen) atoms. The highest BCUT2D eigenvalue weighted by Gasteiger charge is 2.24. The third kappa shape index (κ3) is 4.04. The summed E-state index contributed by atoms with van der Waals surface area (Å²) in [4.78, 5) is 31.9. The molecule has 1 aliphatic rings. The van der Waals surface area contributed by atoms with E-state index in [-0.39, 0.29) is 11.8 Å². The van der Waals surface area contributed by atoms with Gasteiger partial charge in [0, 0.05) is 38.5 Å². The van der Waals surface area contributed by atoms with Gasteiger partial charge < -0.3 is 14.5 Å². The second kappa shape index (κ2) is 7.86. The molecule has 6 nitrogen and oxygen atoms in total. The number of amides is 2. The molecule has 0 aliphatic carbocycles. The van der Waals surface area contributed by atoms with Crippen LogP contribution in [0.25, 0.3) is 0 Å². The second-order valence-corrected chi connectivity index (χ2v) is 7.35. The first-order valence-corrected chi connectivity index (χ1v) is 9.52. The van der Waals surface area contributed by atoms with Crippen LogP contribution in [0, 0.1) is 13.8 Å². The number of thiazole rings is 1. The fourth-order valence-corrected chi connectivity index (χ4v) is 3.56. The number of ether oxygens (including phenoxy) is 1. The average Bonchev–Trinajstić information content (AvgIpc) is 3.11. The zero-order chi connectivity index (χ0) is 18.7. The summed E-state index contributed by atoms with van der Waals surface area (Å²) in [6.45, 7) is 8.23. The number of carbonyl (C=O) groups is 2. The van der Waals surface area contributed by atoms with Crippen LogP contribution in [-0.4, -0.2) is 52.8 Å². The normalized spacial score (nSPS) is 14.4. The lowest BCUT2D eigenvalue weighted by Gasteiger charge is -2.33. The monoisotopic (exact) mass is 373 g/mol. The maximum absolute atomic E-state index is 12.6. The minimum Gasteiger partial charge on any atom is -0.486 e. The van der Waals surface area contributed by atoms with Crippen molar-refractivity contribution in [2.75, 3.05) is 26.2 Å². The first kappa shape index (κ1) is 18.4. The Balaban J connectivity index is 1.58. The number of nitrogens with zero attached hydrogens (tertiary/aromatic N) is 3. The van der Waals surface area contributed by atoms with Crippen LogP contribution in [0.5, 0.6) is 5.75 Å². The van der Waals surface area contributed by atoms with Crippen molar-refractivity contribution in [3.63, 3.8) is 0 Å². The summed E-state index contributed by atoms with van der Waals surface area (Å²) >= 11 is 1.43. The summed E-state index contributed by atoms with van der Waals surface area (Å²) in [6.07, 6.45) is 0. The molecule has 0 saturated carbocycles. The standard InChI is InChI=1S/C19H23N3O3S/c1-13-5-4-6-17(14(13)2)25-11-18-20-16(12-26-18)19(24)22-9-7-21(8-10-22)15(3)23/h4-6,12H,7-11H2,1-3H3. The minimum absolute atomic E-state index is 0.0524. The van der Waals surface area contributed by atoms with E-state index in [2.05, 4.69) is 4.98 Å². The predicted molar refractivity (Wildman–Crippen MR) is 101 cm³/mol. The van der Waals surface area contributed by atoms with Crippen LogP contribution in [0.1, 0.15) is 33.5 Å². The predicted octanol–water partition coefficient (Wildman–Crippen LogP) is 2.64. The third-order valence-electron chi connectivity index (χ3n) is 4.69. The van der Waals surface area contributed by atoms with Crippen LogP contribution in [-0.2, 0) is 11.4 Å². The lowest BCUT2D eigenvalue weighted by atomic mass is 10.1. The summed E-state index contributed by atoms with van der Waals surface area (Å²) in [6, 6.07) is 5.96. The lowest BCUT2D eigenvalue weighted by Crippen LogP contribution is -2.50. The summed E-state index contributed by atoms with van der Waals surface area (Å²) in [7, 11) is 0. The maximum Gasteiger partial charge on any atom is 0.273 e. The second-order valence-electron chi connectivity index (χ2n) is 6.41. The first-order valence-electron chi connectivity index (χ1n) is 8.64. The Labute approximate surface area is 157 Å². The zero-order valence-electron chi connectivity index (χ0n) is 15.3. The molecule has 2 heterocycles. The molecule has 0 atom stereocenters. The molecule has 1 aliphatic heterocycles. The SMILES string of the molecule is CC(=O)N1CCN(C(=O)c2csc(COc3cccc(C)c3C)n2)CC1. The summed E-state index contributed by atoms with van der Waals surface area (Å²) in [5, 5.41) is 2.55. The van der Waals surface area contributed by atoms with Crippen molar-refractivity contribution in [3.8, 4) is 5.75 Å². The van der Waals surface area contributed by atoms with E-state index in [0.29, 0.717) is 38.5 Å². The van der Waals surface area contributed by atoms with Gasteiger partial charge in [-0.05, 0) is 31.0 Å². The summed E-state index contributed by atoms with van der Waals surface area (Å²) in [5.74, 6) is 0.813. The molecule has 2 amide bonds. The van der Waals surface area contributed by atoms with Crippen LogP contribution >= 0.6 is 11.3 Å². The lowest BCUT2D eigenvalue weighted by molar-refractivity contribution is -0.130. The Hall–Kier alpha value is -2.41.